The molecule has 0 saturated heterocycles. The van der Waals surface area contributed by atoms with Gasteiger partial charge in [-0.1, -0.05) is 11.6 Å². The zero-order valence-electron chi connectivity index (χ0n) is 11.7. The van der Waals surface area contributed by atoms with Crippen LogP contribution in [0.5, 0.6) is 5.75 Å². The van der Waals surface area contributed by atoms with Gasteiger partial charge in [0, 0.05) is 18.0 Å². The van der Waals surface area contributed by atoms with Gasteiger partial charge in [0.2, 0.25) is 10.0 Å². The van der Waals surface area contributed by atoms with E-state index in [1.54, 1.807) is 6.07 Å². The molecule has 4 nitrogen and oxygen atoms in total. The number of nitrogens with zero attached hydrogens (tertiary/aromatic N) is 1. The highest BCUT2D eigenvalue weighted by Crippen LogP contribution is 2.33. The third-order valence-corrected chi connectivity index (χ3v) is 6.77. The second-order valence-electron chi connectivity index (χ2n) is 4.88. The van der Waals surface area contributed by atoms with E-state index in [9.17, 15) is 12.8 Å². The Bertz CT molecular complexity index is 819. The van der Waals surface area contributed by atoms with Crippen LogP contribution in [0.3, 0.4) is 0 Å². The highest BCUT2D eigenvalue weighted by atomic mass is 35.5. The molecule has 0 spiro atoms. The molecular weight excluding hydrogens is 349 g/mol. The largest absolute Gasteiger partial charge is 0.494 e. The van der Waals surface area contributed by atoms with Crippen LogP contribution in [0.2, 0.25) is 4.34 Å². The molecule has 0 amide bonds. The van der Waals surface area contributed by atoms with Crippen molar-refractivity contribution in [1.82, 2.24) is 4.31 Å². The zero-order valence-corrected chi connectivity index (χ0v) is 14.1. The summed E-state index contributed by atoms with van der Waals surface area (Å²) in [5.74, 6) is -0.677. The molecule has 0 radical (unpaired) electrons. The average molecular weight is 362 g/mol. The minimum atomic E-state index is -3.74. The maximum atomic E-state index is 13.8. The van der Waals surface area contributed by atoms with Crippen molar-refractivity contribution in [3.8, 4) is 5.75 Å². The van der Waals surface area contributed by atoms with Crippen LogP contribution < -0.4 is 4.74 Å². The monoisotopic (exact) mass is 361 g/mol. The molecule has 0 fully saturated rings. The lowest BCUT2D eigenvalue weighted by atomic mass is 10.1. The summed E-state index contributed by atoms with van der Waals surface area (Å²) < 4.78 is 45.9. The van der Waals surface area contributed by atoms with Crippen molar-refractivity contribution < 1.29 is 17.5 Å². The fourth-order valence-electron chi connectivity index (χ4n) is 2.43. The van der Waals surface area contributed by atoms with Crippen LogP contribution in [0, 0.1) is 5.82 Å². The molecule has 0 unspecified atom stereocenters. The number of ether oxygens (including phenoxy) is 1. The normalized spacial score (nSPS) is 15.6. The van der Waals surface area contributed by atoms with Gasteiger partial charge in [0.25, 0.3) is 0 Å². The van der Waals surface area contributed by atoms with Crippen molar-refractivity contribution in [2.24, 2.45) is 0 Å². The predicted molar refractivity (Wildman–Crippen MR) is 83.6 cm³/mol. The van der Waals surface area contributed by atoms with Crippen LogP contribution in [0.1, 0.15) is 10.4 Å². The Kier molecular flexibility index (Phi) is 4.15. The van der Waals surface area contributed by atoms with Crippen LogP contribution >= 0.6 is 22.9 Å². The van der Waals surface area contributed by atoms with Gasteiger partial charge in [0.1, 0.15) is 0 Å². The van der Waals surface area contributed by atoms with Gasteiger partial charge in [-0.05, 0) is 36.2 Å². The molecule has 0 saturated carbocycles. The standard InChI is InChI=1S/C14H13ClFNO3S2/c1-20-12-3-2-10(7-11(12)16)22(18,19)17-5-4-13-9(8-17)6-14(15)21-13/h2-3,6-7H,4-5,8H2,1H3. The Hall–Kier alpha value is -1.15. The molecule has 3 rings (SSSR count). The Labute approximate surface area is 137 Å². The van der Waals surface area contributed by atoms with Crippen LogP contribution in [0.25, 0.3) is 0 Å². The molecule has 1 aromatic heterocycles. The third-order valence-electron chi connectivity index (χ3n) is 3.56. The molecule has 22 heavy (non-hydrogen) atoms. The van der Waals surface area contributed by atoms with E-state index in [1.165, 1.54) is 34.9 Å². The molecule has 2 heterocycles. The third kappa shape index (κ3) is 2.74. The summed E-state index contributed by atoms with van der Waals surface area (Å²) in [6, 6.07) is 5.45. The van der Waals surface area contributed by atoms with E-state index in [4.69, 9.17) is 16.3 Å². The first kappa shape index (κ1) is 15.7. The second-order valence-corrected chi connectivity index (χ2v) is 8.59. The van der Waals surface area contributed by atoms with E-state index in [0.29, 0.717) is 17.3 Å². The van der Waals surface area contributed by atoms with Crippen molar-refractivity contribution in [2.45, 2.75) is 17.9 Å². The van der Waals surface area contributed by atoms with Crippen molar-refractivity contribution in [2.75, 3.05) is 13.7 Å². The number of sulfonamides is 1. The highest BCUT2D eigenvalue weighted by Gasteiger charge is 2.30. The lowest BCUT2D eigenvalue weighted by Gasteiger charge is -2.26. The fourth-order valence-corrected chi connectivity index (χ4v) is 5.16. The van der Waals surface area contributed by atoms with Gasteiger partial charge >= 0.3 is 0 Å². The molecule has 0 N–H and O–H groups in total. The van der Waals surface area contributed by atoms with E-state index < -0.39 is 15.8 Å². The van der Waals surface area contributed by atoms with E-state index in [1.807, 2.05) is 0 Å². The minimum Gasteiger partial charge on any atom is -0.494 e. The molecule has 8 heteroatoms. The molecule has 118 valence electrons. The first-order valence-electron chi connectivity index (χ1n) is 6.52. The van der Waals surface area contributed by atoms with Crippen LogP contribution in [0.4, 0.5) is 4.39 Å². The van der Waals surface area contributed by atoms with E-state index in [2.05, 4.69) is 0 Å². The quantitative estimate of drug-likeness (QED) is 0.842. The Morgan fingerprint density at radius 3 is 2.82 bits per heavy atom. The van der Waals surface area contributed by atoms with Gasteiger partial charge in [-0.25, -0.2) is 12.8 Å². The topological polar surface area (TPSA) is 46.6 Å². The van der Waals surface area contributed by atoms with E-state index in [-0.39, 0.29) is 17.2 Å². The van der Waals surface area contributed by atoms with Crippen LogP contribution in [-0.2, 0) is 23.0 Å². The molecule has 1 aliphatic heterocycles. The van der Waals surface area contributed by atoms with E-state index in [0.717, 1.165) is 16.5 Å². The van der Waals surface area contributed by atoms with Gasteiger partial charge in [-0.2, -0.15) is 4.31 Å². The number of methoxy groups -OCH3 is 1. The number of hydrogen-bond donors (Lipinski definition) is 0. The number of hydrogen-bond acceptors (Lipinski definition) is 4. The zero-order chi connectivity index (χ0) is 15.9. The van der Waals surface area contributed by atoms with Gasteiger partial charge in [0.05, 0.1) is 16.3 Å². The van der Waals surface area contributed by atoms with Crippen molar-refractivity contribution in [3.63, 3.8) is 0 Å². The summed E-state index contributed by atoms with van der Waals surface area (Å²) >= 11 is 7.44. The predicted octanol–water partition coefficient (Wildman–Crippen LogP) is 3.30. The summed E-state index contributed by atoms with van der Waals surface area (Å²) in [6.07, 6.45) is 0.616. The maximum Gasteiger partial charge on any atom is 0.243 e. The maximum absolute atomic E-state index is 13.8. The average Bonchev–Trinajstić information content (AvgIpc) is 2.86. The summed E-state index contributed by atoms with van der Waals surface area (Å²) in [7, 11) is -2.41. The van der Waals surface area contributed by atoms with Gasteiger partial charge in [0.15, 0.2) is 11.6 Å². The second kappa shape index (κ2) is 5.81. The highest BCUT2D eigenvalue weighted by molar-refractivity contribution is 7.89. The fraction of sp³-hybridized carbons (Fsp3) is 0.286. The van der Waals surface area contributed by atoms with Crippen molar-refractivity contribution >= 4 is 33.0 Å². The molecular formula is C14H13ClFNO3S2. The first-order chi connectivity index (χ1) is 10.4. The Morgan fingerprint density at radius 2 is 2.14 bits per heavy atom. The summed E-state index contributed by atoms with van der Waals surface area (Å²) in [5, 5.41) is 0. The SMILES string of the molecule is COc1ccc(S(=O)(=O)N2CCc3sc(Cl)cc3C2)cc1F. The summed E-state index contributed by atoms with van der Waals surface area (Å²) in [6.45, 7) is 0.619. The van der Waals surface area contributed by atoms with E-state index >= 15 is 0 Å². The number of fused-ring (bicyclic) bond motifs is 1. The first-order valence-corrected chi connectivity index (χ1v) is 9.16. The van der Waals surface area contributed by atoms with Crippen LogP contribution in [-0.4, -0.2) is 26.4 Å². The number of thiophene rings is 1. The summed E-state index contributed by atoms with van der Waals surface area (Å²) in [4.78, 5) is 1.04. The molecule has 0 aliphatic carbocycles. The van der Waals surface area contributed by atoms with Gasteiger partial charge in [-0.3, -0.25) is 0 Å². The number of halogens is 2. The molecule has 2 aromatic rings. The smallest absolute Gasteiger partial charge is 0.243 e. The molecule has 0 bridgehead atoms. The Balaban J connectivity index is 1.92. The lowest BCUT2D eigenvalue weighted by Crippen LogP contribution is -2.35. The number of benzene rings is 1. The van der Waals surface area contributed by atoms with Crippen LogP contribution in [0.15, 0.2) is 29.2 Å². The number of rotatable bonds is 3. The minimum absolute atomic E-state index is 0.0181. The molecule has 1 aromatic carbocycles. The Morgan fingerprint density at radius 1 is 1.36 bits per heavy atom. The van der Waals surface area contributed by atoms with Gasteiger partial charge in [-0.15, -0.1) is 11.3 Å². The molecule has 0 atom stereocenters. The van der Waals surface area contributed by atoms with Crippen molar-refractivity contribution in [3.05, 3.63) is 44.9 Å². The van der Waals surface area contributed by atoms with Crippen molar-refractivity contribution in [1.29, 1.82) is 0 Å². The molecule has 1 aliphatic rings. The van der Waals surface area contributed by atoms with Gasteiger partial charge < -0.3 is 4.74 Å². The lowest BCUT2D eigenvalue weighted by molar-refractivity contribution is 0.382. The summed E-state index contributed by atoms with van der Waals surface area (Å²) in [5.41, 5.74) is 0.916.